The minimum absolute atomic E-state index is 0.464. The Labute approximate surface area is 188 Å². The lowest BCUT2D eigenvalue weighted by molar-refractivity contribution is 0.464. The van der Waals surface area contributed by atoms with Crippen LogP contribution >= 0.6 is 0 Å². The molecule has 0 radical (unpaired) electrons. The summed E-state index contributed by atoms with van der Waals surface area (Å²) in [5.41, 5.74) is 1.55. The van der Waals surface area contributed by atoms with E-state index in [0.717, 1.165) is 22.8 Å². The van der Waals surface area contributed by atoms with Crippen LogP contribution in [0.5, 0.6) is 23.0 Å². The molecule has 0 spiro atoms. The lowest BCUT2D eigenvalue weighted by Crippen LogP contribution is -2.10. The molecule has 0 amide bonds. The number of para-hydroxylation sites is 3. The first kappa shape index (κ1) is 20.9. The number of ether oxygens (including phenoxy) is 3. The highest BCUT2D eigenvalue weighted by Crippen LogP contribution is 2.24. The maximum absolute atomic E-state index is 6.04. The quantitative estimate of drug-likeness (QED) is 0.175. The van der Waals surface area contributed by atoms with Crippen LogP contribution in [0.4, 0.5) is 5.69 Å². The Morgan fingerprint density at radius 2 is 1.09 bits per heavy atom. The molecular formula is C28H23NO3. The fourth-order valence-electron chi connectivity index (χ4n) is 2.83. The van der Waals surface area contributed by atoms with Gasteiger partial charge in [0.1, 0.15) is 23.0 Å². The predicted molar refractivity (Wildman–Crippen MR) is 128 cm³/mol. The van der Waals surface area contributed by atoms with Crippen LogP contribution in [0, 0.1) is 0 Å². The van der Waals surface area contributed by atoms with Gasteiger partial charge in [0.05, 0.1) is 11.9 Å². The molecule has 0 aromatic heterocycles. The minimum atomic E-state index is 0.464. The Morgan fingerprint density at radius 3 is 1.72 bits per heavy atom. The van der Waals surface area contributed by atoms with Crippen LogP contribution in [-0.4, -0.2) is 5.90 Å². The molecule has 0 heterocycles. The first-order chi connectivity index (χ1) is 15.8. The van der Waals surface area contributed by atoms with Crippen LogP contribution < -0.4 is 14.2 Å². The number of hydrogen-bond acceptors (Lipinski definition) is 4. The fourth-order valence-corrected chi connectivity index (χ4v) is 2.83. The van der Waals surface area contributed by atoms with Gasteiger partial charge in [-0.1, -0.05) is 54.6 Å². The normalized spacial score (nSPS) is 11.7. The van der Waals surface area contributed by atoms with E-state index >= 15 is 0 Å². The molecule has 0 N–H and O–H groups in total. The summed E-state index contributed by atoms with van der Waals surface area (Å²) in [6, 6.07) is 36.3. The van der Waals surface area contributed by atoms with Crippen LogP contribution in [0.3, 0.4) is 0 Å². The Bertz CT molecular complexity index is 1170. The predicted octanol–water partition coefficient (Wildman–Crippen LogP) is 7.57. The maximum Gasteiger partial charge on any atom is 0.225 e. The van der Waals surface area contributed by atoms with Crippen molar-refractivity contribution in [2.45, 2.75) is 6.92 Å². The van der Waals surface area contributed by atoms with Gasteiger partial charge in [0.2, 0.25) is 5.90 Å². The molecule has 0 bridgehead atoms. The zero-order valence-corrected chi connectivity index (χ0v) is 17.7. The summed E-state index contributed by atoms with van der Waals surface area (Å²) in [7, 11) is 0. The smallest absolute Gasteiger partial charge is 0.225 e. The summed E-state index contributed by atoms with van der Waals surface area (Å²) in [6.45, 7) is 1.90. The zero-order chi connectivity index (χ0) is 22.0. The molecule has 0 unspecified atom stereocenters. The van der Waals surface area contributed by atoms with E-state index in [-0.39, 0.29) is 0 Å². The van der Waals surface area contributed by atoms with Gasteiger partial charge in [-0.3, -0.25) is 0 Å². The molecule has 0 aliphatic heterocycles. The molecule has 4 aromatic rings. The van der Waals surface area contributed by atoms with Gasteiger partial charge in [0, 0.05) is 5.57 Å². The summed E-state index contributed by atoms with van der Waals surface area (Å²) in [5, 5.41) is 0. The molecule has 4 aromatic carbocycles. The second-order valence-electron chi connectivity index (χ2n) is 6.97. The van der Waals surface area contributed by atoms with Crippen LogP contribution in [0.1, 0.15) is 6.92 Å². The summed E-state index contributed by atoms with van der Waals surface area (Å²) in [6.07, 6.45) is 1.64. The molecular weight excluding hydrogens is 398 g/mol. The number of hydrogen-bond donors (Lipinski definition) is 0. The lowest BCUT2D eigenvalue weighted by Gasteiger charge is -2.10. The van der Waals surface area contributed by atoms with Gasteiger partial charge < -0.3 is 14.2 Å². The molecule has 158 valence electrons. The van der Waals surface area contributed by atoms with Crippen molar-refractivity contribution in [2.24, 2.45) is 4.99 Å². The van der Waals surface area contributed by atoms with Crippen molar-refractivity contribution < 1.29 is 14.2 Å². The molecule has 4 nitrogen and oxygen atoms in total. The molecule has 0 saturated carbocycles. The number of nitrogens with zero attached hydrogens (tertiary/aromatic N) is 1. The van der Waals surface area contributed by atoms with Crippen molar-refractivity contribution >= 4 is 11.6 Å². The monoisotopic (exact) mass is 421 g/mol. The molecule has 32 heavy (non-hydrogen) atoms. The number of rotatable bonds is 7. The third kappa shape index (κ3) is 6.09. The van der Waals surface area contributed by atoms with E-state index in [1.807, 2.05) is 122 Å². The van der Waals surface area contributed by atoms with Gasteiger partial charge >= 0.3 is 0 Å². The first-order valence-corrected chi connectivity index (χ1v) is 10.3. The fraction of sp³-hybridized carbons (Fsp3) is 0.0357. The average Bonchev–Trinajstić information content (AvgIpc) is 2.85. The van der Waals surface area contributed by atoms with Crippen molar-refractivity contribution in [3.63, 3.8) is 0 Å². The van der Waals surface area contributed by atoms with Crippen molar-refractivity contribution in [1.29, 1.82) is 0 Å². The summed E-state index contributed by atoms with van der Waals surface area (Å²) < 4.78 is 17.7. The Kier molecular flexibility index (Phi) is 6.96. The summed E-state index contributed by atoms with van der Waals surface area (Å²) in [5.74, 6) is 3.38. The summed E-state index contributed by atoms with van der Waals surface area (Å²) >= 11 is 0. The molecule has 0 saturated heterocycles. The van der Waals surface area contributed by atoms with Gasteiger partial charge in [-0.2, -0.15) is 0 Å². The highest BCUT2D eigenvalue weighted by atomic mass is 16.5. The topological polar surface area (TPSA) is 40.0 Å². The Balaban J connectivity index is 1.48. The third-order valence-electron chi connectivity index (χ3n) is 4.46. The van der Waals surface area contributed by atoms with E-state index in [0.29, 0.717) is 17.4 Å². The largest absolute Gasteiger partial charge is 0.465 e. The molecule has 4 rings (SSSR count). The van der Waals surface area contributed by atoms with Crippen LogP contribution in [0.2, 0.25) is 0 Å². The molecule has 0 aliphatic rings. The van der Waals surface area contributed by atoms with Crippen molar-refractivity contribution in [1.82, 2.24) is 0 Å². The van der Waals surface area contributed by atoms with Crippen molar-refractivity contribution in [3.05, 3.63) is 127 Å². The molecule has 0 aliphatic carbocycles. The van der Waals surface area contributed by atoms with Crippen LogP contribution in [0.15, 0.2) is 132 Å². The minimum Gasteiger partial charge on any atom is -0.465 e. The average molecular weight is 421 g/mol. The first-order valence-electron chi connectivity index (χ1n) is 10.3. The third-order valence-corrected chi connectivity index (χ3v) is 4.46. The second kappa shape index (κ2) is 10.6. The maximum atomic E-state index is 6.04. The van der Waals surface area contributed by atoms with Gasteiger partial charge in [-0.05, 0) is 67.6 Å². The van der Waals surface area contributed by atoms with Gasteiger partial charge in [-0.25, -0.2) is 4.99 Å². The lowest BCUT2D eigenvalue weighted by atomic mass is 10.3. The van der Waals surface area contributed by atoms with Crippen LogP contribution in [-0.2, 0) is 0 Å². The van der Waals surface area contributed by atoms with Crippen molar-refractivity contribution in [2.75, 3.05) is 0 Å². The Morgan fingerprint density at radius 1 is 0.594 bits per heavy atom. The van der Waals surface area contributed by atoms with Gasteiger partial charge in [0.25, 0.3) is 0 Å². The number of aliphatic imine (C=N–C) groups is 1. The van der Waals surface area contributed by atoms with E-state index in [1.54, 1.807) is 6.26 Å². The SMILES string of the molecule is C/C(=C\Oc1ccc(Oc2ccccc2)cc1)C(=Nc1ccccc1)Oc1ccccc1. The summed E-state index contributed by atoms with van der Waals surface area (Å²) in [4.78, 5) is 4.65. The van der Waals surface area contributed by atoms with E-state index in [4.69, 9.17) is 14.2 Å². The van der Waals surface area contributed by atoms with E-state index in [9.17, 15) is 0 Å². The standard InChI is InChI=1S/C28H23NO3/c1-22(21-30-24-17-19-27(20-18-24)31-25-13-7-3-8-14-25)28(29-23-11-5-2-6-12-23)32-26-15-9-4-10-16-26/h2-21H,1H3/b22-21+,29-28?. The van der Waals surface area contributed by atoms with Gasteiger partial charge in [0.15, 0.2) is 0 Å². The second-order valence-corrected chi connectivity index (χ2v) is 6.97. The highest BCUT2D eigenvalue weighted by Gasteiger charge is 2.08. The highest BCUT2D eigenvalue weighted by molar-refractivity contribution is 5.96. The zero-order valence-electron chi connectivity index (χ0n) is 17.7. The van der Waals surface area contributed by atoms with Gasteiger partial charge in [-0.15, -0.1) is 0 Å². The Hall–Kier alpha value is -4.31. The number of benzene rings is 4. The van der Waals surface area contributed by atoms with Crippen LogP contribution in [0.25, 0.3) is 0 Å². The van der Waals surface area contributed by atoms with Crippen molar-refractivity contribution in [3.8, 4) is 23.0 Å². The molecule has 0 fully saturated rings. The molecule has 4 heteroatoms. The van der Waals surface area contributed by atoms with E-state index < -0.39 is 0 Å². The van der Waals surface area contributed by atoms with E-state index in [1.165, 1.54) is 0 Å². The van der Waals surface area contributed by atoms with E-state index in [2.05, 4.69) is 4.99 Å². The molecule has 0 atom stereocenters.